The normalized spacial score (nSPS) is 12.0. The molecule has 0 aliphatic carbocycles. The maximum absolute atomic E-state index is 12.5. The zero-order valence-electron chi connectivity index (χ0n) is 11.1. The summed E-state index contributed by atoms with van der Waals surface area (Å²) < 4.78 is 27.3. The molecule has 7 heteroatoms. The molecule has 0 aliphatic rings. The summed E-state index contributed by atoms with van der Waals surface area (Å²) in [5, 5.41) is 1.93. The molecule has 0 amide bonds. The number of halogens is 1. The van der Waals surface area contributed by atoms with Crippen LogP contribution in [0.15, 0.2) is 38.3 Å². The van der Waals surface area contributed by atoms with Gasteiger partial charge in [-0.15, -0.1) is 11.3 Å². The van der Waals surface area contributed by atoms with Crippen LogP contribution in [-0.2, 0) is 16.6 Å². The van der Waals surface area contributed by atoms with Crippen molar-refractivity contribution >= 4 is 43.0 Å². The number of aryl methyl sites for hydroxylation is 1. The molecule has 0 bridgehead atoms. The maximum atomic E-state index is 12.5. The first kappa shape index (κ1) is 15.5. The number of hydrogen-bond acceptors (Lipinski definition) is 4. The largest absolute Gasteiger partial charge is 0.399 e. The van der Waals surface area contributed by atoms with E-state index in [2.05, 4.69) is 15.9 Å². The van der Waals surface area contributed by atoms with E-state index in [1.165, 1.54) is 21.7 Å². The van der Waals surface area contributed by atoms with E-state index in [1.807, 2.05) is 11.4 Å². The number of nitrogens with two attached hydrogens (primary N) is 1. The van der Waals surface area contributed by atoms with Gasteiger partial charge in [0.25, 0.3) is 0 Å². The van der Waals surface area contributed by atoms with E-state index >= 15 is 0 Å². The van der Waals surface area contributed by atoms with E-state index in [1.54, 1.807) is 26.1 Å². The molecule has 2 aromatic rings. The van der Waals surface area contributed by atoms with Gasteiger partial charge in [0.05, 0.1) is 8.68 Å². The van der Waals surface area contributed by atoms with Crippen molar-refractivity contribution in [3.05, 3.63) is 44.6 Å². The number of anilines is 1. The molecule has 1 aromatic heterocycles. The topological polar surface area (TPSA) is 63.4 Å². The molecule has 1 heterocycles. The fourth-order valence-corrected chi connectivity index (χ4v) is 4.20. The summed E-state index contributed by atoms with van der Waals surface area (Å²) in [4.78, 5) is 0.265. The van der Waals surface area contributed by atoms with Gasteiger partial charge in [0.2, 0.25) is 10.0 Å². The number of sulfonamides is 1. The summed E-state index contributed by atoms with van der Waals surface area (Å²) in [5.74, 6) is 0. The van der Waals surface area contributed by atoms with Crippen LogP contribution in [0.5, 0.6) is 0 Å². The van der Waals surface area contributed by atoms with Gasteiger partial charge in [-0.2, -0.15) is 4.31 Å². The SMILES string of the molecule is Cc1cc(S(=O)(=O)N(C)Cc2csc(Br)c2)ccc1N. The third-order valence-electron chi connectivity index (χ3n) is 2.98. The second-order valence-corrected chi connectivity index (χ2v) is 8.87. The monoisotopic (exact) mass is 374 g/mol. The lowest BCUT2D eigenvalue weighted by atomic mass is 10.2. The lowest BCUT2D eigenvalue weighted by molar-refractivity contribution is 0.467. The molecule has 108 valence electrons. The highest BCUT2D eigenvalue weighted by Crippen LogP contribution is 2.24. The zero-order valence-corrected chi connectivity index (χ0v) is 14.3. The van der Waals surface area contributed by atoms with Gasteiger partial charge in [-0.3, -0.25) is 0 Å². The molecule has 2 rings (SSSR count). The Morgan fingerprint density at radius 1 is 1.35 bits per heavy atom. The number of nitrogen functional groups attached to an aromatic ring is 1. The molecule has 0 fully saturated rings. The van der Waals surface area contributed by atoms with Crippen LogP contribution < -0.4 is 5.73 Å². The Hall–Kier alpha value is -0.890. The number of nitrogens with zero attached hydrogens (tertiary/aromatic N) is 1. The fourth-order valence-electron chi connectivity index (χ4n) is 1.76. The minimum atomic E-state index is -3.50. The third-order valence-corrected chi connectivity index (χ3v) is 6.33. The highest BCUT2D eigenvalue weighted by molar-refractivity contribution is 9.11. The van der Waals surface area contributed by atoms with Crippen molar-refractivity contribution in [3.63, 3.8) is 0 Å². The summed E-state index contributed by atoms with van der Waals surface area (Å²) in [5.41, 5.74) is 8.03. The van der Waals surface area contributed by atoms with Gasteiger partial charge in [0.15, 0.2) is 0 Å². The minimum Gasteiger partial charge on any atom is -0.399 e. The van der Waals surface area contributed by atoms with Gasteiger partial charge >= 0.3 is 0 Å². The molecular formula is C13H15BrN2O2S2. The second kappa shape index (κ2) is 5.85. The van der Waals surface area contributed by atoms with Crippen molar-refractivity contribution in [1.29, 1.82) is 0 Å². The average molecular weight is 375 g/mol. The van der Waals surface area contributed by atoms with E-state index in [-0.39, 0.29) is 4.90 Å². The quantitative estimate of drug-likeness (QED) is 0.835. The molecule has 0 atom stereocenters. The van der Waals surface area contributed by atoms with Crippen molar-refractivity contribution in [3.8, 4) is 0 Å². The van der Waals surface area contributed by atoms with E-state index in [0.717, 1.165) is 14.9 Å². The van der Waals surface area contributed by atoms with Crippen LogP contribution in [0.4, 0.5) is 5.69 Å². The van der Waals surface area contributed by atoms with Gasteiger partial charge in [0, 0.05) is 19.3 Å². The lowest BCUT2D eigenvalue weighted by Crippen LogP contribution is -2.26. The number of rotatable bonds is 4. The summed E-state index contributed by atoms with van der Waals surface area (Å²) in [6, 6.07) is 6.69. The Bertz CT molecular complexity index is 726. The molecule has 2 N–H and O–H groups in total. The fraction of sp³-hybridized carbons (Fsp3) is 0.231. The maximum Gasteiger partial charge on any atom is 0.243 e. The van der Waals surface area contributed by atoms with Gasteiger partial charge < -0.3 is 5.73 Å². The first-order valence-corrected chi connectivity index (χ1v) is 8.97. The summed E-state index contributed by atoms with van der Waals surface area (Å²) >= 11 is 4.91. The predicted octanol–water partition coefficient (Wildman–Crippen LogP) is 3.22. The van der Waals surface area contributed by atoms with Gasteiger partial charge in [-0.25, -0.2) is 8.42 Å². The molecule has 0 spiro atoms. The van der Waals surface area contributed by atoms with Crippen LogP contribution in [0.1, 0.15) is 11.1 Å². The smallest absolute Gasteiger partial charge is 0.243 e. The standard InChI is InChI=1S/C13H15BrN2O2S2/c1-9-5-11(3-4-12(9)15)20(17,18)16(2)7-10-6-13(14)19-8-10/h3-6,8H,7,15H2,1-2H3. The van der Waals surface area contributed by atoms with Gasteiger partial charge in [0.1, 0.15) is 0 Å². The van der Waals surface area contributed by atoms with Crippen LogP contribution >= 0.6 is 27.3 Å². The molecule has 0 aliphatic heterocycles. The molecule has 20 heavy (non-hydrogen) atoms. The van der Waals surface area contributed by atoms with Crippen LogP contribution in [0.25, 0.3) is 0 Å². The number of hydrogen-bond donors (Lipinski definition) is 1. The van der Waals surface area contributed by atoms with E-state index in [9.17, 15) is 8.42 Å². The summed E-state index contributed by atoms with van der Waals surface area (Å²) in [7, 11) is -1.92. The van der Waals surface area contributed by atoms with E-state index in [0.29, 0.717) is 12.2 Å². The van der Waals surface area contributed by atoms with Crippen molar-refractivity contribution in [2.24, 2.45) is 0 Å². The highest BCUT2D eigenvalue weighted by atomic mass is 79.9. The molecule has 4 nitrogen and oxygen atoms in total. The Morgan fingerprint density at radius 3 is 2.60 bits per heavy atom. The summed E-state index contributed by atoms with van der Waals surface area (Å²) in [6.45, 7) is 2.14. The summed E-state index contributed by atoms with van der Waals surface area (Å²) in [6.07, 6.45) is 0. The van der Waals surface area contributed by atoms with E-state index < -0.39 is 10.0 Å². The van der Waals surface area contributed by atoms with Crippen LogP contribution in [0.3, 0.4) is 0 Å². The molecule has 0 saturated carbocycles. The van der Waals surface area contributed by atoms with Crippen LogP contribution in [-0.4, -0.2) is 19.8 Å². The molecule has 0 radical (unpaired) electrons. The molecule has 0 unspecified atom stereocenters. The Labute approximate surface area is 131 Å². The third kappa shape index (κ3) is 3.22. The van der Waals surface area contributed by atoms with Crippen LogP contribution in [0, 0.1) is 6.92 Å². The first-order chi connectivity index (χ1) is 9.30. The van der Waals surface area contributed by atoms with E-state index in [4.69, 9.17) is 5.73 Å². The van der Waals surface area contributed by atoms with Crippen molar-refractivity contribution in [1.82, 2.24) is 4.31 Å². The average Bonchev–Trinajstić information content (AvgIpc) is 2.78. The number of benzene rings is 1. The minimum absolute atomic E-state index is 0.265. The zero-order chi connectivity index (χ0) is 14.9. The highest BCUT2D eigenvalue weighted by Gasteiger charge is 2.21. The van der Waals surface area contributed by atoms with Gasteiger partial charge in [-0.1, -0.05) is 0 Å². The van der Waals surface area contributed by atoms with Crippen molar-refractivity contribution in [2.45, 2.75) is 18.4 Å². The first-order valence-electron chi connectivity index (χ1n) is 5.86. The molecule has 0 saturated heterocycles. The number of thiophene rings is 1. The predicted molar refractivity (Wildman–Crippen MR) is 86.3 cm³/mol. The van der Waals surface area contributed by atoms with Crippen molar-refractivity contribution < 1.29 is 8.42 Å². The Kier molecular flexibility index (Phi) is 4.53. The van der Waals surface area contributed by atoms with Crippen LogP contribution in [0.2, 0.25) is 0 Å². The molecular weight excluding hydrogens is 360 g/mol. The Morgan fingerprint density at radius 2 is 2.05 bits per heavy atom. The lowest BCUT2D eigenvalue weighted by Gasteiger charge is -2.17. The Balaban J connectivity index is 2.27. The van der Waals surface area contributed by atoms with Gasteiger partial charge in [-0.05, 0) is 63.6 Å². The van der Waals surface area contributed by atoms with Crippen molar-refractivity contribution in [2.75, 3.05) is 12.8 Å². The molecule has 1 aromatic carbocycles. The second-order valence-electron chi connectivity index (χ2n) is 4.54.